The molecule has 1 aliphatic heterocycles. The highest BCUT2D eigenvalue weighted by molar-refractivity contribution is 5.94. The second-order valence-electron chi connectivity index (χ2n) is 6.47. The average Bonchev–Trinajstić information content (AvgIpc) is 3.14. The van der Waals surface area contributed by atoms with Gasteiger partial charge in [-0.05, 0) is 24.1 Å². The summed E-state index contributed by atoms with van der Waals surface area (Å²) >= 11 is 0. The molecule has 0 saturated heterocycles. The first-order valence-corrected chi connectivity index (χ1v) is 8.79. The molecule has 142 valence electrons. The van der Waals surface area contributed by atoms with Gasteiger partial charge in [-0.1, -0.05) is 24.3 Å². The maximum Gasteiger partial charge on any atom is 0.320 e. The van der Waals surface area contributed by atoms with Crippen molar-refractivity contribution in [2.45, 2.75) is 19.0 Å². The quantitative estimate of drug-likeness (QED) is 0.594. The molecular weight excluding hydrogens is 360 g/mol. The van der Waals surface area contributed by atoms with Crippen LogP contribution in [0.5, 0.6) is 0 Å². The van der Waals surface area contributed by atoms with E-state index in [0.29, 0.717) is 41.6 Å². The van der Waals surface area contributed by atoms with Crippen LogP contribution in [-0.2, 0) is 17.8 Å². The van der Waals surface area contributed by atoms with Crippen molar-refractivity contribution in [1.29, 1.82) is 0 Å². The van der Waals surface area contributed by atoms with Crippen molar-refractivity contribution in [3.63, 3.8) is 0 Å². The fourth-order valence-corrected chi connectivity index (χ4v) is 3.13. The van der Waals surface area contributed by atoms with E-state index in [1.54, 1.807) is 23.0 Å². The number of carbonyl (C=O) groups is 2. The third-order valence-corrected chi connectivity index (χ3v) is 4.56. The van der Waals surface area contributed by atoms with E-state index >= 15 is 0 Å². The maximum atomic E-state index is 12.0. The molecule has 2 aromatic heterocycles. The van der Waals surface area contributed by atoms with Gasteiger partial charge in [0.1, 0.15) is 17.4 Å². The Morgan fingerprint density at radius 2 is 2.11 bits per heavy atom. The van der Waals surface area contributed by atoms with Gasteiger partial charge < -0.3 is 16.2 Å². The minimum absolute atomic E-state index is 0.160. The highest BCUT2D eigenvalue weighted by Crippen LogP contribution is 2.24. The summed E-state index contributed by atoms with van der Waals surface area (Å²) < 4.78 is 1.66. The highest BCUT2D eigenvalue weighted by atomic mass is 16.4. The molecule has 1 amide bonds. The van der Waals surface area contributed by atoms with Crippen LogP contribution in [0, 0.1) is 0 Å². The predicted octanol–water partition coefficient (Wildman–Crippen LogP) is 0.705. The number of carbonyl (C=O) groups excluding carboxylic acids is 1. The Labute approximate surface area is 160 Å². The van der Waals surface area contributed by atoms with Crippen LogP contribution in [0.2, 0.25) is 0 Å². The largest absolute Gasteiger partial charge is 0.480 e. The monoisotopic (exact) mass is 378 g/mol. The summed E-state index contributed by atoms with van der Waals surface area (Å²) in [7, 11) is 0. The standard InChI is InChI=1S/C19H18N6O3/c20-13(19(27)28)9-11-3-1-2-4-12(11)17-21-6-5-14(23-17)15-10-16-18(26)22-7-8-25(16)24-15/h1-6,10,13H,7-9,20H2,(H,22,26)(H,27,28)/t13-/m1/s1. The molecule has 4 N–H and O–H groups in total. The predicted molar refractivity (Wildman–Crippen MR) is 100 cm³/mol. The summed E-state index contributed by atoms with van der Waals surface area (Å²) in [6, 6.07) is 9.71. The molecule has 0 saturated carbocycles. The molecule has 28 heavy (non-hydrogen) atoms. The zero-order valence-electron chi connectivity index (χ0n) is 14.9. The number of nitrogens with zero attached hydrogens (tertiary/aromatic N) is 4. The minimum Gasteiger partial charge on any atom is -0.480 e. The lowest BCUT2D eigenvalue weighted by atomic mass is 10.00. The van der Waals surface area contributed by atoms with E-state index in [4.69, 9.17) is 10.8 Å². The molecule has 0 spiro atoms. The van der Waals surface area contributed by atoms with Crippen molar-refractivity contribution in [3.05, 3.63) is 53.9 Å². The molecule has 4 rings (SSSR count). The molecule has 0 radical (unpaired) electrons. The van der Waals surface area contributed by atoms with E-state index in [9.17, 15) is 9.59 Å². The number of amides is 1. The average molecular weight is 378 g/mol. The van der Waals surface area contributed by atoms with Gasteiger partial charge in [-0.25, -0.2) is 9.97 Å². The van der Waals surface area contributed by atoms with Gasteiger partial charge in [0.15, 0.2) is 5.82 Å². The lowest BCUT2D eigenvalue weighted by molar-refractivity contribution is -0.138. The fraction of sp³-hybridized carbons (Fsp3) is 0.211. The van der Waals surface area contributed by atoms with Gasteiger partial charge in [0, 0.05) is 18.3 Å². The smallest absolute Gasteiger partial charge is 0.320 e. The Hall–Kier alpha value is -3.59. The van der Waals surface area contributed by atoms with Crippen LogP contribution in [0.15, 0.2) is 42.6 Å². The van der Waals surface area contributed by atoms with Crippen LogP contribution >= 0.6 is 0 Å². The van der Waals surface area contributed by atoms with Crippen molar-refractivity contribution in [1.82, 2.24) is 25.1 Å². The summed E-state index contributed by atoms with van der Waals surface area (Å²) in [5, 5.41) is 16.4. The lowest BCUT2D eigenvalue weighted by Crippen LogP contribution is -2.35. The molecule has 0 aliphatic carbocycles. The van der Waals surface area contributed by atoms with Crippen LogP contribution in [0.3, 0.4) is 0 Å². The molecule has 0 unspecified atom stereocenters. The second-order valence-corrected chi connectivity index (χ2v) is 6.47. The number of benzene rings is 1. The first-order chi connectivity index (χ1) is 13.5. The third-order valence-electron chi connectivity index (χ3n) is 4.56. The van der Waals surface area contributed by atoms with Crippen LogP contribution < -0.4 is 11.1 Å². The summed E-state index contributed by atoms with van der Waals surface area (Å²) in [4.78, 5) is 32.0. The Kier molecular flexibility index (Phi) is 4.58. The SMILES string of the molecule is N[C@H](Cc1ccccc1-c1nccc(-c2cc3n(n2)CCNC3=O)n1)C(=O)O. The Morgan fingerprint density at radius 3 is 2.89 bits per heavy atom. The molecule has 0 fully saturated rings. The summed E-state index contributed by atoms with van der Waals surface area (Å²) in [6.07, 6.45) is 1.78. The van der Waals surface area contributed by atoms with Crippen molar-refractivity contribution in [2.24, 2.45) is 5.73 Å². The third kappa shape index (κ3) is 3.35. The lowest BCUT2D eigenvalue weighted by Gasteiger charge is -2.13. The van der Waals surface area contributed by atoms with E-state index in [1.165, 1.54) is 0 Å². The molecule has 9 heteroatoms. The van der Waals surface area contributed by atoms with E-state index in [1.807, 2.05) is 24.3 Å². The number of aromatic nitrogens is 4. The Morgan fingerprint density at radius 1 is 1.29 bits per heavy atom. The van der Waals surface area contributed by atoms with Gasteiger partial charge in [-0.2, -0.15) is 5.10 Å². The van der Waals surface area contributed by atoms with Crippen LogP contribution in [0.25, 0.3) is 22.8 Å². The summed E-state index contributed by atoms with van der Waals surface area (Å²) in [5.41, 5.74) is 8.81. The number of carboxylic acids is 1. The van der Waals surface area contributed by atoms with Crippen LogP contribution in [0.4, 0.5) is 0 Å². The van der Waals surface area contributed by atoms with Crippen molar-refractivity contribution >= 4 is 11.9 Å². The van der Waals surface area contributed by atoms with Crippen molar-refractivity contribution < 1.29 is 14.7 Å². The highest BCUT2D eigenvalue weighted by Gasteiger charge is 2.21. The zero-order chi connectivity index (χ0) is 19.7. The molecule has 3 heterocycles. The molecule has 9 nitrogen and oxygen atoms in total. The molecule has 0 bridgehead atoms. The number of fused-ring (bicyclic) bond motifs is 1. The number of nitrogens with two attached hydrogens (primary N) is 1. The minimum atomic E-state index is -1.06. The number of hydrogen-bond donors (Lipinski definition) is 3. The number of hydrogen-bond acceptors (Lipinski definition) is 6. The summed E-state index contributed by atoms with van der Waals surface area (Å²) in [5.74, 6) is -0.778. The number of rotatable bonds is 5. The normalized spacial score (nSPS) is 14.2. The molecule has 1 atom stereocenters. The maximum absolute atomic E-state index is 12.0. The fourth-order valence-electron chi connectivity index (χ4n) is 3.13. The first-order valence-electron chi connectivity index (χ1n) is 8.79. The van der Waals surface area contributed by atoms with E-state index in [2.05, 4.69) is 20.4 Å². The van der Waals surface area contributed by atoms with Crippen molar-refractivity contribution in [3.8, 4) is 22.8 Å². The van der Waals surface area contributed by atoms with Gasteiger partial charge in [-0.15, -0.1) is 0 Å². The van der Waals surface area contributed by atoms with E-state index < -0.39 is 12.0 Å². The van der Waals surface area contributed by atoms with Crippen LogP contribution in [0.1, 0.15) is 16.1 Å². The van der Waals surface area contributed by atoms with Gasteiger partial charge in [0.2, 0.25) is 0 Å². The zero-order valence-corrected chi connectivity index (χ0v) is 14.9. The van der Waals surface area contributed by atoms with Gasteiger partial charge in [0.25, 0.3) is 5.91 Å². The Balaban J connectivity index is 1.71. The van der Waals surface area contributed by atoms with Gasteiger partial charge >= 0.3 is 5.97 Å². The second kappa shape index (κ2) is 7.20. The van der Waals surface area contributed by atoms with E-state index in [0.717, 1.165) is 5.56 Å². The molecule has 1 aromatic carbocycles. The topological polar surface area (TPSA) is 136 Å². The van der Waals surface area contributed by atoms with E-state index in [-0.39, 0.29) is 12.3 Å². The first kappa shape index (κ1) is 17.8. The molecular formula is C19H18N6O3. The molecule has 1 aliphatic rings. The van der Waals surface area contributed by atoms with Crippen LogP contribution in [-0.4, -0.2) is 49.3 Å². The number of carboxylic acid groups (broad SMARTS) is 1. The Bertz CT molecular complexity index is 1060. The molecule has 3 aromatic rings. The number of aliphatic carboxylic acids is 1. The van der Waals surface area contributed by atoms with Gasteiger partial charge in [0.05, 0.1) is 12.2 Å². The summed E-state index contributed by atoms with van der Waals surface area (Å²) in [6.45, 7) is 1.15. The van der Waals surface area contributed by atoms with Crippen molar-refractivity contribution in [2.75, 3.05) is 6.54 Å². The van der Waals surface area contributed by atoms with Gasteiger partial charge in [-0.3, -0.25) is 14.3 Å². The number of nitrogens with one attached hydrogen (secondary N) is 1.